The Labute approximate surface area is 87.4 Å². The summed E-state index contributed by atoms with van der Waals surface area (Å²) in [6, 6.07) is 0. The van der Waals surface area contributed by atoms with Crippen molar-refractivity contribution in [3.63, 3.8) is 0 Å². The van der Waals surface area contributed by atoms with Crippen LogP contribution in [-0.2, 0) is 4.79 Å². The molecule has 0 aliphatic rings. The molecule has 1 atom stereocenters. The molecule has 0 bridgehead atoms. The van der Waals surface area contributed by atoms with Gasteiger partial charge in [-0.25, -0.2) is 0 Å². The topological polar surface area (TPSA) is 55.1 Å². The molecule has 3 heteroatoms. The molecule has 0 aromatic carbocycles. The molecule has 0 aliphatic heterocycles. The highest BCUT2D eigenvalue weighted by atomic mass is 16.1. The van der Waals surface area contributed by atoms with Gasteiger partial charge < -0.3 is 11.1 Å². The summed E-state index contributed by atoms with van der Waals surface area (Å²) in [7, 11) is 0. The Morgan fingerprint density at radius 1 is 1.36 bits per heavy atom. The molecular weight excluding hydrogens is 176 g/mol. The van der Waals surface area contributed by atoms with Crippen LogP contribution in [-0.4, -0.2) is 19.0 Å². The Bertz CT molecular complexity index is 155. The van der Waals surface area contributed by atoms with Crippen molar-refractivity contribution < 1.29 is 4.79 Å². The number of carbonyl (C=O) groups excluding carboxylic acids is 1. The lowest BCUT2D eigenvalue weighted by molar-refractivity contribution is -0.124. The summed E-state index contributed by atoms with van der Waals surface area (Å²) >= 11 is 0. The second-order valence-electron chi connectivity index (χ2n) is 3.91. The summed E-state index contributed by atoms with van der Waals surface area (Å²) in [6.07, 6.45) is 3.03. The summed E-state index contributed by atoms with van der Waals surface area (Å²) < 4.78 is 0. The van der Waals surface area contributed by atoms with Crippen LogP contribution in [0.1, 0.15) is 40.0 Å². The van der Waals surface area contributed by atoms with Gasteiger partial charge in [0.15, 0.2) is 0 Å². The van der Waals surface area contributed by atoms with Gasteiger partial charge in [-0.2, -0.15) is 0 Å². The maximum absolute atomic E-state index is 11.5. The van der Waals surface area contributed by atoms with E-state index in [4.69, 9.17) is 5.73 Å². The van der Waals surface area contributed by atoms with Gasteiger partial charge in [0.05, 0.1) is 0 Å². The first-order chi connectivity index (χ1) is 6.65. The van der Waals surface area contributed by atoms with E-state index in [1.54, 1.807) is 0 Å². The zero-order valence-electron chi connectivity index (χ0n) is 9.68. The van der Waals surface area contributed by atoms with Crippen molar-refractivity contribution in [3.8, 4) is 0 Å². The predicted octanol–water partition coefficient (Wildman–Crippen LogP) is 1.52. The minimum absolute atomic E-state index is 0.0503. The number of hydrogen-bond acceptors (Lipinski definition) is 2. The average molecular weight is 200 g/mol. The maximum Gasteiger partial charge on any atom is 0.222 e. The SMILES string of the molecule is CCC(CC)CNC(=O)C(C)CCN. The average Bonchev–Trinajstić information content (AvgIpc) is 2.19. The van der Waals surface area contributed by atoms with Gasteiger partial charge in [-0.1, -0.05) is 33.6 Å². The van der Waals surface area contributed by atoms with E-state index < -0.39 is 0 Å². The summed E-state index contributed by atoms with van der Waals surface area (Å²) in [5.74, 6) is 0.806. The van der Waals surface area contributed by atoms with Crippen molar-refractivity contribution >= 4 is 5.91 Å². The lowest BCUT2D eigenvalue weighted by atomic mass is 10.0. The van der Waals surface area contributed by atoms with E-state index in [0.717, 1.165) is 25.8 Å². The van der Waals surface area contributed by atoms with Gasteiger partial charge in [0, 0.05) is 12.5 Å². The molecular formula is C11H24N2O. The van der Waals surface area contributed by atoms with Crippen LogP contribution < -0.4 is 11.1 Å². The zero-order chi connectivity index (χ0) is 11.0. The highest BCUT2D eigenvalue weighted by Gasteiger charge is 2.12. The van der Waals surface area contributed by atoms with E-state index in [2.05, 4.69) is 19.2 Å². The molecule has 0 radical (unpaired) electrons. The fourth-order valence-electron chi connectivity index (χ4n) is 1.38. The molecule has 3 nitrogen and oxygen atoms in total. The zero-order valence-corrected chi connectivity index (χ0v) is 9.68. The van der Waals surface area contributed by atoms with E-state index >= 15 is 0 Å². The summed E-state index contributed by atoms with van der Waals surface area (Å²) in [4.78, 5) is 11.5. The Kier molecular flexibility index (Phi) is 7.48. The standard InChI is InChI=1S/C11H24N2O/c1-4-10(5-2)8-13-11(14)9(3)6-7-12/h9-10H,4-8,12H2,1-3H3,(H,13,14). The molecule has 0 aliphatic carbocycles. The molecule has 84 valence electrons. The first-order valence-electron chi connectivity index (χ1n) is 5.63. The minimum atomic E-state index is 0.0503. The largest absolute Gasteiger partial charge is 0.356 e. The van der Waals surface area contributed by atoms with Crippen molar-refractivity contribution in [1.82, 2.24) is 5.32 Å². The van der Waals surface area contributed by atoms with Crippen LogP contribution in [0.25, 0.3) is 0 Å². The molecule has 0 saturated carbocycles. The first kappa shape index (κ1) is 13.4. The number of nitrogens with one attached hydrogen (secondary N) is 1. The van der Waals surface area contributed by atoms with Gasteiger partial charge >= 0.3 is 0 Å². The van der Waals surface area contributed by atoms with Crippen molar-refractivity contribution in [2.45, 2.75) is 40.0 Å². The lowest BCUT2D eigenvalue weighted by Gasteiger charge is -2.15. The van der Waals surface area contributed by atoms with Crippen LogP contribution in [0.3, 0.4) is 0 Å². The van der Waals surface area contributed by atoms with Gasteiger partial charge in [0.1, 0.15) is 0 Å². The van der Waals surface area contributed by atoms with Gasteiger partial charge in [0.25, 0.3) is 0 Å². The molecule has 0 saturated heterocycles. The van der Waals surface area contributed by atoms with Crippen LogP contribution in [0, 0.1) is 11.8 Å². The van der Waals surface area contributed by atoms with Crippen LogP contribution in [0.15, 0.2) is 0 Å². The number of hydrogen-bond donors (Lipinski definition) is 2. The van der Waals surface area contributed by atoms with E-state index in [1.807, 2.05) is 6.92 Å². The molecule has 0 fully saturated rings. The number of rotatable bonds is 7. The lowest BCUT2D eigenvalue weighted by Crippen LogP contribution is -2.33. The molecule has 0 heterocycles. The molecule has 0 spiro atoms. The fourth-order valence-corrected chi connectivity index (χ4v) is 1.38. The minimum Gasteiger partial charge on any atom is -0.356 e. The molecule has 0 aromatic rings. The monoisotopic (exact) mass is 200 g/mol. The van der Waals surface area contributed by atoms with E-state index in [9.17, 15) is 4.79 Å². The summed E-state index contributed by atoms with van der Waals surface area (Å²) in [5.41, 5.74) is 5.40. The van der Waals surface area contributed by atoms with Crippen LogP contribution >= 0.6 is 0 Å². The van der Waals surface area contributed by atoms with E-state index in [0.29, 0.717) is 12.5 Å². The third-order valence-electron chi connectivity index (χ3n) is 2.77. The molecule has 14 heavy (non-hydrogen) atoms. The number of amides is 1. The summed E-state index contributed by atoms with van der Waals surface area (Å²) in [5, 5.41) is 2.97. The first-order valence-corrected chi connectivity index (χ1v) is 5.63. The van der Waals surface area contributed by atoms with Crippen LogP contribution in [0.2, 0.25) is 0 Å². The summed E-state index contributed by atoms with van der Waals surface area (Å²) in [6.45, 7) is 7.63. The van der Waals surface area contributed by atoms with E-state index in [1.165, 1.54) is 0 Å². The highest BCUT2D eigenvalue weighted by Crippen LogP contribution is 2.06. The number of nitrogens with two attached hydrogens (primary N) is 1. The molecule has 3 N–H and O–H groups in total. The van der Waals surface area contributed by atoms with Crippen molar-refractivity contribution in [2.24, 2.45) is 17.6 Å². The van der Waals surface area contributed by atoms with Gasteiger partial charge in [0.2, 0.25) is 5.91 Å². The molecule has 1 amide bonds. The molecule has 1 unspecified atom stereocenters. The third-order valence-corrected chi connectivity index (χ3v) is 2.77. The van der Waals surface area contributed by atoms with Crippen LogP contribution in [0.4, 0.5) is 0 Å². The Hall–Kier alpha value is -0.570. The Morgan fingerprint density at radius 3 is 2.36 bits per heavy atom. The predicted molar refractivity (Wildman–Crippen MR) is 59.9 cm³/mol. The van der Waals surface area contributed by atoms with Gasteiger partial charge in [-0.3, -0.25) is 4.79 Å². The van der Waals surface area contributed by atoms with Crippen LogP contribution in [0.5, 0.6) is 0 Å². The smallest absolute Gasteiger partial charge is 0.222 e. The molecule has 0 rings (SSSR count). The number of carbonyl (C=O) groups is 1. The quantitative estimate of drug-likeness (QED) is 0.654. The highest BCUT2D eigenvalue weighted by molar-refractivity contribution is 5.78. The van der Waals surface area contributed by atoms with Crippen molar-refractivity contribution in [1.29, 1.82) is 0 Å². The normalized spacial score (nSPS) is 12.9. The fraction of sp³-hybridized carbons (Fsp3) is 0.909. The second-order valence-corrected chi connectivity index (χ2v) is 3.91. The van der Waals surface area contributed by atoms with Gasteiger partial charge in [-0.15, -0.1) is 0 Å². The molecule has 0 aromatic heterocycles. The van der Waals surface area contributed by atoms with Gasteiger partial charge in [-0.05, 0) is 18.9 Å². The Balaban J connectivity index is 3.71. The van der Waals surface area contributed by atoms with Crippen molar-refractivity contribution in [3.05, 3.63) is 0 Å². The Morgan fingerprint density at radius 2 is 1.93 bits per heavy atom. The third kappa shape index (κ3) is 5.22. The van der Waals surface area contributed by atoms with Crippen molar-refractivity contribution in [2.75, 3.05) is 13.1 Å². The maximum atomic E-state index is 11.5. The second kappa shape index (κ2) is 7.80. The van der Waals surface area contributed by atoms with E-state index in [-0.39, 0.29) is 11.8 Å².